The van der Waals surface area contributed by atoms with Crippen molar-refractivity contribution in [2.75, 3.05) is 24.1 Å². The van der Waals surface area contributed by atoms with Crippen LogP contribution in [0.5, 0.6) is 0 Å². The molecule has 1 unspecified atom stereocenters. The van der Waals surface area contributed by atoms with E-state index in [4.69, 9.17) is 17.0 Å². The molecule has 0 aromatic heterocycles. The predicted octanol–water partition coefficient (Wildman–Crippen LogP) is 4.33. The predicted molar refractivity (Wildman–Crippen MR) is 146 cm³/mol. The van der Waals surface area contributed by atoms with Gasteiger partial charge in [0.15, 0.2) is 5.11 Å². The molecular weight excluding hydrogens is 517 g/mol. The lowest BCUT2D eigenvalue weighted by Crippen LogP contribution is -2.41. The Labute approximate surface area is 224 Å². The monoisotopic (exact) mass is 553 g/mol. The Morgan fingerprint density at radius 1 is 1.14 bits per heavy atom. The third kappa shape index (κ3) is 10.3. The van der Waals surface area contributed by atoms with E-state index in [0.29, 0.717) is 12.0 Å². The first-order chi connectivity index (χ1) is 17.0. The molecule has 3 N–H and O–H groups in total. The summed E-state index contributed by atoms with van der Waals surface area (Å²) in [5.41, 5.74) is 3.05. The molecule has 1 atom stereocenters. The molecule has 11 heteroatoms. The summed E-state index contributed by atoms with van der Waals surface area (Å²) in [6, 6.07) is 10.2. The molecule has 8 nitrogen and oxygen atoms in total. The minimum atomic E-state index is -3.60. The number of nitrogens with one attached hydrogen (secondary N) is 2. The first kappa shape index (κ1) is 30.5. The Bertz CT molecular complexity index is 1230. The number of benzene rings is 2. The lowest BCUT2D eigenvalue weighted by atomic mass is 9.96. The maximum absolute atomic E-state index is 14.2. The number of carbonyl (C=O) groups is 1. The number of hydroxylamine groups is 2. The van der Waals surface area contributed by atoms with Crippen LogP contribution in [0.25, 0.3) is 0 Å². The van der Waals surface area contributed by atoms with E-state index in [1.807, 2.05) is 26.0 Å². The van der Waals surface area contributed by atoms with Gasteiger partial charge in [-0.25, -0.2) is 17.9 Å². The Morgan fingerprint density at radius 3 is 2.35 bits per heavy atom. The van der Waals surface area contributed by atoms with E-state index in [1.54, 1.807) is 26.8 Å². The van der Waals surface area contributed by atoms with Gasteiger partial charge in [-0.1, -0.05) is 24.3 Å². The number of hydrogen-bond donors (Lipinski definition) is 3. The minimum absolute atomic E-state index is 0.0194. The first-order valence-corrected chi connectivity index (χ1v) is 14.1. The van der Waals surface area contributed by atoms with Crippen LogP contribution >= 0.6 is 12.2 Å². The standard InChI is InChI=1S/C26H36FN3O5S2/c1-17-7-8-19(11-18(17)2)12-21(16-35-24(31)26(3,4)5)15-30(32)25(36)28-14-20-9-10-23(22(27)13-20)29-37(6,33)34/h7-11,13,21,29,32H,12,14-16H2,1-6H3,(H,28,36). The number of rotatable bonds is 10. The van der Waals surface area contributed by atoms with Crippen LogP contribution in [0, 0.1) is 31.0 Å². The maximum atomic E-state index is 14.2. The Hall–Kier alpha value is -2.76. The lowest BCUT2D eigenvalue weighted by Gasteiger charge is -2.26. The number of nitrogens with zero attached hydrogens (tertiary/aromatic N) is 1. The molecule has 0 spiro atoms. The smallest absolute Gasteiger partial charge is 0.311 e. The highest BCUT2D eigenvalue weighted by molar-refractivity contribution is 7.92. The minimum Gasteiger partial charge on any atom is -0.465 e. The third-order valence-corrected chi connectivity index (χ3v) is 6.54. The average Bonchev–Trinajstić information content (AvgIpc) is 2.78. The summed E-state index contributed by atoms with van der Waals surface area (Å²) >= 11 is 5.29. The van der Waals surface area contributed by atoms with Gasteiger partial charge in [0, 0.05) is 12.5 Å². The highest BCUT2D eigenvalue weighted by Gasteiger charge is 2.25. The van der Waals surface area contributed by atoms with Gasteiger partial charge in [-0.15, -0.1) is 0 Å². The fraction of sp³-hybridized carbons (Fsp3) is 0.462. The van der Waals surface area contributed by atoms with Crippen LogP contribution in [-0.4, -0.2) is 49.2 Å². The van der Waals surface area contributed by atoms with Gasteiger partial charge < -0.3 is 10.1 Å². The molecule has 204 valence electrons. The van der Waals surface area contributed by atoms with Crippen LogP contribution in [0.4, 0.5) is 10.1 Å². The molecule has 2 rings (SSSR count). The lowest BCUT2D eigenvalue weighted by molar-refractivity contribution is -0.155. The van der Waals surface area contributed by atoms with Gasteiger partial charge in [-0.05, 0) is 87.6 Å². The van der Waals surface area contributed by atoms with Crippen molar-refractivity contribution in [1.29, 1.82) is 0 Å². The second-order valence-corrected chi connectivity index (χ2v) is 12.4. The van der Waals surface area contributed by atoms with Crippen molar-refractivity contribution in [2.45, 2.75) is 47.6 Å². The van der Waals surface area contributed by atoms with Crippen molar-refractivity contribution in [3.63, 3.8) is 0 Å². The number of carbonyl (C=O) groups excluding carboxylic acids is 1. The third-order valence-electron chi connectivity index (χ3n) is 5.60. The molecule has 0 saturated carbocycles. The van der Waals surface area contributed by atoms with Gasteiger partial charge in [0.1, 0.15) is 5.82 Å². The topological polar surface area (TPSA) is 108 Å². The molecule has 0 amide bonds. The molecule has 2 aromatic rings. The Balaban J connectivity index is 2.04. The van der Waals surface area contributed by atoms with Crippen molar-refractivity contribution >= 4 is 39.0 Å². The van der Waals surface area contributed by atoms with Gasteiger partial charge in [0.05, 0.1) is 30.5 Å². The largest absolute Gasteiger partial charge is 0.465 e. The molecule has 37 heavy (non-hydrogen) atoms. The summed E-state index contributed by atoms with van der Waals surface area (Å²) in [7, 11) is -3.60. The van der Waals surface area contributed by atoms with Gasteiger partial charge in [0.2, 0.25) is 10.0 Å². The van der Waals surface area contributed by atoms with Crippen molar-refractivity contribution in [3.05, 3.63) is 64.5 Å². The SMILES string of the molecule is Cc1ccc(CC(COC(=O)C(C)(C)C)CN(O)C(=S)NCc2ccc(NS(C)(=O)=O)c(F)c2)cc1C. The summed E-state index contributed by atoms with van der Waals surface area (Å²) in [5.74, 6) is -1.32. The molecule has 0 bridgehead atoms. The molecule has 2 aromatic carbocycles. The zero-order chi connectivity index (χ0) is 28.0. The Morgan fingerprint density at radius 2 is 1.78 bits per heavy atom. The van der Waals surface area contributed by atoms with E-state index in [1.165, 1.54) is 17.7 Å². The first-order valence-electron chi connectivity index (χ1n) is 11.8. The summed E-state index contributed by atoms with van der Waals surface area (Å²) in [6.07, 6.45) is 1.49. The van der Waals surface area contributed by atoms with Crippen molar-refractivity contribution in [1.82, 2.24) is 10.4 Å². The number of ether oxygens (including phenoxy) is 1. The number of esters is 1. The van der Waals surface area contributed by atoms with Crippen LogP contribution < -0.4 is 10.0 Å². The highest BCUT2D eigenvalue weighted by atomic mass is 32.2. The van der Waals surface area contributed by atoms with E-state index in [0.717, 1.165) is 22.4 Å². The molecule has 0 aliphatic heterocycles. The van der Waals surface area contributed by atoms with E-state index in [-0.39, 0.29) is 42.4 Å². The maximum Gasteiger partial charge on any atom is 0.311 e. The van der Waals surface area contributed by atoms with Crippen LogP contribution in [0.15, 0.2) is 36.4 Å². The number of anilines is 1. The Kier molecular flexibility index (Phi) is 10.4. The molecule has 0 aliphatic rings. The van der Waals surface area contributed by atoms with Crippen molar-refractivity contribution in [3.8, 4) is 0 Å². The summed E-state index contributed by atoms with van der Waals surface area (Å²) in [4.78, 5) is 12.3. The van der Waals surface area contributed by atoms with Crippen molar-refractivity contribution < 1.29 is 27.5 Å². The van der Waals surface area contributed by atoms with Crippen LogP contribution in [0.3, 0.4) is 0 Å². The molecule has 0 saturated heterocycles. The number of hydrogen-bond acceptors (Lipinski definition) is 6. The van der Waals surface area contributed by atoms with E-state index < -0.39 is 21.3 Å². The van der Waals surface area contributed by atoms with Gasteiger partial charge in [-0.2, -0.15) is 0 Å². The van der Waals surface area contributed by atoms with Crippen LogP contribution in [0.1, 0.15) is 43.0 Å². The normalized spacial score (nSPS) is 12.5. The number of thiocarbonyl (C=S) groups is 1. The summed E-state index contributed by atoms with van der Waals surface area (Å²) < 4.78 is 44.5. The molecule has 0 heterocycles. The van der Waals surface area contributed by atoms with Crippen LogP contribution in [-0.2, 0) is 32.5 Å². The quantitative estimate of drug-likeness (QED) is 0.227. The molecule has 0 fully saturated rings. The zero-order valence-corrected chi connectivity index (χ0v) is 23.7. The number of aryl methyl sites for hydroxylation is 2. The van der Waals surface area contributed by atoms with Gasteiger partial charge >= 0.3 is 5.97 Å². The van der Waals surface area contributed by atoms with E-state index in [9.17, 15) is 22.8 Å². The van der Waals surface area contributed by atoms with E-state index >= 15 is 0 Å². The van der Waals surface area contributed by atoms with Gasteiger partial charge in [-0.3, -0.25) is 14.7 Å². The zero-order valence-electron chi connectivity index (χ0n) is 22.1. The number of sulfonamides is 1. The summed E-state index contributed by atoms with van der Waals surface area (Å²) in [6.45, 7) is 9.69. The van der Waals surface area contributed by atoms with Crippen LogP contribution in [0.2, 0.25) is 0 Å². The second kappa shape index (κ2) is 12.7. The molecule has 0 aliphatic carbocycles. The molecular formula is C26H36FN3O5S2. The van der Waals surface area contributed by atoms with Crippen molar-refractivity contribution in [2.24, 2.45) is 11.3 Å². The highest BCUT2D eigenvalue weighted by Crippen LogP contribution is 2.20. The fourth-order valence-corrected chi connectivity index (χ4v) is 4.11. The fourth-order valence-electron chi connectivity index (χ4n) is 3.40. The summed E-state index contributed by atoms with van der Waals surface area (Å²) in [5, 5.41) is 14.4. The van der Waals surface area contributed by atoms with E-state index in [2.05, 4.69) is 16.1 Å². The second-order valence-electron chi connectivity index (χ2n) is 10.3. The number of halogens is 1. The average molecular weight is 554 g/mol. The molecule has 0 radical (unpaired) electrons. The van der Waals surface area contributed by atoms with Gasteiger partial charge in [0.25, 0.3) is 0 Å².